The number of anilines is 1. The lowest BCUT2D eigenvalue weighted by Gasteiger charge is -2.23. The van der Waals surface area contributed by atoms with Gasteiger partial charge in [-0.1, -0.05) is 0 Å². The second kappa shape index (κ2) is 5.46. The third kappa shape index (κ3) is 2.57. The maximum Gasteiger partial charge on any atom is 0.254 e. The molecule has 7 heteroatoms. The van der Waals surface area contributed by atoms with E-state index in [9.17, 15) is 9.59 Å². The van der Waals surface area contributed by atoms with Crippen LogP contribution in [0.2, 0.25) is 0 Å². The number of rotatable bonds is 3. The Labute approximate surface area is 104 Å². The zero-order chi connectivity index (χ0) is 13.0. The van der Waals surface area contributed by atoms with E-state index in [1.165, 1.54) is 12.4 Å². The molecule has 0 aromatic carbocycles. The standard InChI is InChI=1S/C11H15N5O2/c12-16-9-6-13-5-3-7(9)10(17)15-8-2-1-4-14-11(8)18/h3,5-6,8,16H,1-2,4,12H2,(H,14,18)(H,15,17). The number of pyridine rings is 1. The number of hydrogen-bond donors (Lipinski definition) is 4. The highest BCUT2D eigenvalue weighted by atomic mass is 16.2. The van der Waals surface area contributed by atoms with Crippen LogP contribution >= 0.6 is 0 Å². The van der Waals surface area contributed by atoms with E-state index < -0.39 is 6.04 Å². The van der Waals surface area contributed by atoms with Crippen molar-refractivity contribution < 1.29 is 9.59 Å². The van der Waals surface area contributed by atoms with Gasteiger partial charge in [-0.15, -0.1) is 0 Å². The summed E-state index contributed by atoms with van der Waals surface area (Å²) < 4.78 is 0. The fourth-order valence-electron chi connectivity index (χ4n) is 1.85. The van der Waals surface area contributed by atoms with Crippen molar-refractivity contribution in [1.82, 2.24) is 15.6 Å². The number of carbonyl (C=O) groups excluding carboxylic acids is 2. The average molecular weight is 249 g/mol. The number of carbonyl (C=O) groups is 2. The minimum atomic E-state index is -0.481. The first-order valence-electron chi connectivity index (χ1n) is 5.71. The summed E-state index contributed by atoms with van der Waals surface area (Å²) in [7, 11) is 0. The zero-order valence-electron chi connectivity index (χ0n) is 9.77. The van der Waals surface area contributed by atoms with Crippen molar-refractivity contribution in [1.29, 1.82) is 0 Å². The van der Waals surface area contributed by atoms with Gasteiger partial charge in [-0.3, -0.25) is 20.4 Å². The molecule has 0 saturated carbocycles. The van der Waals surface area contributed by atoms with E-state index in [1.807, 2.05) is 0 Å². The fraction of sp³-hybridized carbons (Fsp3) is 0.364. The SMILES string of the molecule is NNc1cnccc1C(=O)NC1CCCNC1=O. The molecule has 7 nitrogen and oxygen atoms in total. The molecule has 2 rings (SSSR count). The molecular formula is C11H15N5O2. The average Bonchev–Trinajstić information content (AvgIpc) is 2.41. The van der Waals surface area contributed by atoms with Gasteiger partial charge in [0.25, 0.3) is 5.91 Å². The van der Waals surface area contributed by atoms with Crippen molar-refractivity contribution in [3.05, 3.63) is 24.0 Å². The number of nitrogens with two attached hydrogens (primary N) is 1. The second-order valence-corrected chi connectivity index (χ2v) is 4.02. The molecule has 0 aliphatic carbocycles. The van der Waals surface area contributed by atoms with Gasteiger partial charge in [-0.2, -0.15) is 0 Å². The Balaban J connectivity index is 2.09. The number of piperidine rings is 1. The summed E-state index contributed by atoms with van der Waals surface area (Å²) >= 11 is 0. The number of aromatic nitrogens is 1. The number of hydrogen-bond acceptors (Lipinski definition) is 5. The van der Waals surface area contributed by atoms with Gasteiger partial charge >= 0.3 is 0 Å². The van der Waals surface area contributed by atoms with Crippen molar-refractivity contribution in [3.8, 4) is 0 Å². The molecule has 1 aromatic rings. The molecule has 2 heterocycles. The summed E-state index contributed by atoms with van der Waals surface area (Å²) in [5, 5.41) is 5.40. The molecule has 1 aromatic heterocycles. The first-order chi connectivity index (χ1) is 8.72. The van der Waals surface area contributed by atoms with E-state index in [2.05, 4.69) is 21.0 Å². The minimum absolute atomic E-state index is 0.147. The maximum atomic E-state index is 12.0. The lowest BCUT2D eigenvalue weighted by Crippen LogP contribution is -2.50. The normalized spacial score (nSPS) is 18.9. The van der Waals surface area contributed by atoms with Gasteiger partial charge in [0.1, 0.15) is 6.04 Å². The number of nitrogen functional groups attached to an aromatic ring is 1. The van der Waals surface area contributed by atoms with Gasteiger partial charge in [-0.25, -0.2) is 0 Å². The minimum Gasteiger partial charge on any atom is -0.354 e. The van der Waals surface area contributed by atoms with Crippen molar-refractivity contribution in [3.63, 3.8) is 0 Å². The fourth-order valence-corrected chi connectivity index (χ4v) is 1.85. The smallest absolute Gasteiger partial charge is 0.254 e. The van der Waals surface area contributed by atoms with Gasteiger partial charge in [0.15, 0.2) is 0 Å². The highest BCUT2D eigenvalue weighted by Gasteiger charge is 2.24. The number of nitrogens with one attached hydrogen (secondary N) is 3. The monoisotopic (exact) mass is 249 g/mol. The molecule has 1 atom stereocenters. The highest BCUT2D eigenvalue weighted by Crippen LogP contribution is 2.12. The van der Waals surface area contributed by atoms with E-state index in [0.29, 0.717) is 24.2 Å². The van der Waals surface area contributed by atoms with Crippen LogP contribution in [0.25, 0.3) is 0 Å². The Bertz CT molecular complexity index is 463. The van der Waals surface area contributed by atoms with Gasteiger partial charge in [-0.05, 0) is 18.9 Å². The Morgan fingerprint density at radius 3 is 3.11 bits per heavy atom. The maximum absolute atomic E-state index is 12.0. The van der Waals surface area contributed by atoms with Crippen LogP contribution in [-0.4, -0.2) is 29.4 Å². The zero-order valence-corrected chi connectivity index (χ0v) is 9.77. The topological polar surface area (TPSA) is 109 Å². The molecule has 0 spiro atoms. The van der Waals surface area contributed by atoms with Crippen LogP contribution in [0, 0.1) is 0 Å². The summed E-state index contributed by atoms with van der Waals surface area (Å²) in [6, 6.07) is 1.07. The van der Waals surface area contributed by atoms with Crippen LogP contribution in [0.3, 0.4) is 0 Å². The molecule has 18 heavy (non-hydrogen) atoms. The Morgan fingerprint density at radius 2 is 2.39 bits per heavy atom. The lowest BCUT2D eigenvalue weighted by molar-refractivity contribution is -0.124. The predicted molar refractivity (Wildman–Crippen MR) is 65.5 cm³/mol. The van der Waals surface area contributed by atoms with Gasteiger partial charge in [0, 0.05) is 12.7 Å². The summed E-state index contributed by atoms with van der Waals surface area (Å²) in [5.74, 6) is 4.81. The van der Waals surface area contributed by atoms with Crippen LogP contribution in [0.1, 0.15) is 23.2 Å². The molecule has 1 unspecified atom stereocenters. The summed E-state index contributed by atoms with van der Waals surface area (Å²) in [6.07, 6.45) is 4.45. The van der Waals surface area contributed by atoms with Crippen LogP contribution in [0.5, 0.6) is 0 Å². The molecule has 0 bridgehead atoms. The summed E-state index contributed by atoms with van der Waals surface area (Å²) in [5.41, 5.74) is 3.19. The second-order valence-electron chi connectivity index (χ2n) is 4.02. The molecule has 1 aliphatic rings. The molecule has 5 N–H and O–H groups in total. The molecule has 1 aliphatic heterocycles. The number of hydrazine groups is 1. The number of amides is 2. The molecule has 0 radical (unpaired) electrons. The van der Waals surface area contributed by atoms with E-state index in [-0.39, 0.29) is 11.8 Å². The van der Waals surface area contributed by atoms with Crippen LogP contribution < -0.4 is 21.9 Å². The van der Waals surface area contributed by atoms with Crippen molar-refractivity contribution in [2.45, 2.75) is 18.9 Å². The predicted octanol–water partition coefficient (Wildman–Crippen LogP) is -0.624. The van der Waals surface area contributed by atoms with E-state index >= 15 is 0 Å². The van der Waals surface area contributed by atoms with E-state index in [1.54, 1.807) is 6.07 Å². The van der Waals surface area contributed by atoms with Crippen LogP contribution in [0.15, 0.2) is 18.5 Å². The molecule has 1 fully saturated rings. The number of nitrogens with zero attached hydrogens (tertiary/aromatic N) is 1. The lowest BCUT2D eigenvalue weighted by atomic mass is 10.1. The largest absolute Gasteiger partial charge is 0.354 e. The first kappa shape index (κ1) is 12.3. The Kier molecular flexibility index (Phi) is 3.73. The van der Waals surface area contributed by atoms with Gasteiger partial charge in [0.2, 0.25) is 5.91 Å². The quantitative estimate of drug-likeness (QED) is 0.421. The molecule has 1 saturated heterocycles. The van der Waals surface area contributed by atoms with Crippen molar-refractivity contribution in [2.24, 2.45) is 5.84 Å². The molecule has 2 amide bonds. The first-order valence-corrected chi connectivity index (χ1v) is 5.71. The molecular weight excluding hydrogens is 234 g/mol. The van der Waals surface area contributed by atoms with Crippen molar-refractivity contribution >= 4 is 17.5 Å². The van der Waals surface area contributed by atoms with Crippen LogP contribution in [-0.2, 0) is 4.79 Å². The summed E-state index contributed by atoms with van der Waals surface area (Å²) in [4.78, 5) is 27.4. The third-order valence-corrected chi connectivity index (χ3v) is 2.81. The highest BCUT2D eigenvalue weighted by molar-refractivity contribution is 6.01. The third-order valence-electron chi connectivity index (χ3n) is 2.81. The van der Waals surface area contributed by atoms with E-state index in [4.69, 9.17) is 5.84 Å². The van der Waals surface area contributed by atoms with Gasteiger partial charge < -0.3 is 16.1 Å². The van der Waals surface area contributed by atoms with Crippen molar-refractivity contribution in [2.75, 3.05) is 12.0 Å². The Morgan fingerprint density at radius 1 is 1.56 bits per heavy atom. The Hall–Kier alpha value is -2.15. The summed E-state index contributed by atoms with van der Waals surface area (Å²) in [6.45, 7) is 0.663. The van der Waals surface area contributed by atoms with Gasteiger partial charge in [0.05, 0.1) is 17.4 Å². The van der Waals surface area contributed by atoms with Crippen LogP contribution in [0.4, 0.5) is 5.69 Å². The van der Waals surface area contributed by atoms with E-state index in [0.717, 1.165) is 6.42 Å². The molecule has 96 valence electrons.